The molecule has 0 saturated carbocycles. The van der Waals surface area contributed by atoms with E-state index in [0.29, 0.717) is 22.5 Å². The number of aromatic nitrogens is 2. The van der Waals surface area contributed by atoms with Gasteiger partial charge in [-0.2, -0.15) is 0 Å². The molecule has 0 amide bonds. The van der Waals surface area contributed by atoms with Crippen LogP contribution in [0.1, 0.15) is 26.4 Å². The van der Waals surface area contributed by atoms with Crippen molar-refractivity contribution in [3.8, 4) is 5.75 Å². The highest BCUT2D eigenvalue weighted by atomic mass is 19.1. The summed E-state index contributed by atoms with van der Waals surface area (Å²) < 4.78 is 33.2. The van der Waals surface area contributed by atoms with Gasteiger partial charge in [0.05, 0.1) is 6.20 Å². The Hall–Kier alpha value is -3.87. The number of carbonyl (C=O) groups is 2. The third kappa shape index (κ3) is 3.75. The van der Waals surface area contributed by atoms with Gasteiger partial charge in [-0.05, 0) is 60.7 Å². The van der Waals surface area contributed by atoms with Crippen molar-refractivity contribution >= 4 is 17.2 Å². The van der Waals surface area contributed by atoms with Gasteiger partial charge in [-0.25, -0.2) is 13.8 Å². The van der Waals surface area contributed by atoms with Crippen LogP contribution in [0.25, 0.3) is 5.65 Å². The molecule has 0 atom stereocenters. The van der Waals surface area contributed by atoms with Crippen LogP contribution in [0.3, 0.4) is 0 Å². The fourth-order valence-corrected chi connectivity index (χ4v) is 2.88. The molecule has 0 bridgehead atoms. The number of hydrogen-bond acceptors (Lipinski definition) is 4. The third-order valence-corrected chi connectivity index (χ3v) is 4.36. The van der Waals surface area contributed by atoms with Crippen LogP contribution in [-0.4, -0.2) is 27.6 Å². The Bertz CT molecular complexity index is 1200. The lowest BCUT2D eigenvalue weighted by molar-refractivity contribution is 0.0921. The average molecular weight is 392 g/mol. The van der Waals surface area contributed by atoms with E-state index in [9.17, 15) is 18.4 Å². The molecule has 0 spiro atoms. The zero-order valence-electron chi connectivity index (χ0n) is 15.0. The maximum absolute atomic E-state index is 13.1. The Morgan fingerprint density at radius 3 is 2.17 bits per heavy atom. The summed E-state index contributed by atoms with van der Waals surface area (Å²) in [6.45, 7) is -0.264. The quantitative estimate of drug-likeness (QED) is 0.464. The summed E-state index contributed by atoms with van der Waals surface area (Å²) in [5.74, 6) is -1.18. The van der Waals surface area contributed by atoms with Gasteiger partial charge in [0.1, 0.15) is 17.3 Å². The number of fused-ring (bicyclic) bond motifs is 1. The Morgan fingerprint density at radius 2 is 1.52 bits per heavy atom. The van der Waals surface area contributed by atoms with E-state index in [2.05, 4.69) is 4.98 Å². The Labute approximate surface area is 164 Å². The molecule has 0 aliphatic carbocycles. The number of ether oxygens (including phenoxy) is 1. The molecule has 2 heterocycles. The van der Waals surface area contributed by atoms with Gasteiger partial charge in [0.15, 0.2) is 23.8 Å². The van der Waals surface area contributed by atoms with E-state index in [1.165, 1.54) is 54.7 Å². The predicted molar refractivity (Wildman–Crippen MR) is 101 cm³/mol. The predicted octanol–water partition coefficient (Wildman–Crippen LogP) is 4.11. The molecule has 144 valence electrons. The summed E-state index contributed by atoms with van der Waals surface area (Å²) >= 11 is 0. The molecule has 2 aromatic heterocycles. The molecule has 2 aromatic carbocycles. The summed E-state index contributed by atoms with van der Waals surface area (Å²) in [5.41, 5.74) is 1.30. The Kier molecular flexibility index (Phi) is 4.87. The van der Waals surface area contributed by atoms with Crippen molar-refractivity contribution in [2.45, 2.75) is 0 Å². The van der Waals surface area contributed by atoms with E-state index >= 15 is 0 Å². The standard InChI is InChI=1S/C22H14F2N2O3/c23-16-7-3-14(4-8-16)19(27)13-29-20-2-1-11-26-18(12-25-22(20)26)21(28)15-5-9-17(24)10-6-15/h1-12H,13H2. The van der Waals surface area contributed by atoms with E-state index in [0.717, 1.165) is 0 Å². The van der Waals surface area contributed by atoms with E-state index < -0.39 is 11.6 Å². The van der Waals surface area contributed by atoms with Crippen molar-refractivity contribution in [2.75, 3.05) is 6.61 Å². The van der Waals surface area contributed by atoms with Crippen LogP contribution in [0.4, 0.5) is 8.78 Å². The number of Topliss-reactive ketones (excluding diaryl/α,β-unsaturated/α-hetero) is 1. The van der Waals surface area contributed by atoms with E-state index in [-0.39, 0.29) is 23.9 Å². The summed E-state index contributed by atoms with van der Waals surface area (Å²) in [5, 5.41) is 0. The number of carbonyl (C=O) groups excluding carboxylic acids is 2. The zero-order valence-corrected chi connectivity index (χ0v) is 15.0. The van der Waals surface area contributed by atoms with E-state index in [1.54, 1.807) is 22.7 Å². The molecular formula is C22H14F2N2O3. The van der Waals surface area contributed by atoms with Gasteiger partial charge >= 0.3 is 0 Å². The van der Waals surface area contributed by atoms with Crippen molar-refractivity contribution in [1.82, 2.24) is 9.38 Å². The summed E-state index contributed by atoms with van der Waals surface area (Å²) in [6, 6.07) is 13.7. The van der Waals surface area contributed by atoms with Crippen LogP contribution >= 0.6 is 0 Å². The minimum atomic E-state index is -0.429. The number of ketones is 2. The first kappa shape index (κ1) is 18.5. The summed E-state index contributed by atoms with van der Waals surface area (Å²) in [4.78, 5) is 29.2. The smallest absolute Gasteiger partial charge is 0.211 e. The number of pyridine rings is 1. The topological polar surface area (TPSA) is 60.7 Å². The van der Waals surface area contributed by atoms with Gasteiger partial charge in [0, 0.05) is 17.3 Å². The monoisotopic (exact) mass is 392 g/mol. The van der Waals surface area contributed by atoms with Crippen molar-refractivity contribution in [3.05, 3.63) is 102 Å². The molecule has 4 rings (SSSR count). The van der Waals surface area contributed by atoms with Crippen molar-refractivity contribution in [1.29, 1.82) is 0 Å². The SMILES string of the molecule is O=C(COc1cccn2c(C(=O)c3ccc(F)cc3)cnc12)c1ccc(F)cc1. The number of halogens is 2. The molecule has 0 aliphatic rings. The maximum atomic E-state index is 13.1. The van der Waals surface area contributed by atoms with Gasteiger partial charge in [-0.1, -0.05) is 0 Å². The van der Waals surface area contributed by atoms with Crippen LogP contribution in [0.2, 0.25) is 0 Å². The van der Waals surface area contributed by atoms with Gasteiger partial charge in [0.25, 0.3) is 0 Å². The molecular weight excluding hydrogens is 378 g/mol. The minimum Gasteiger partial charge on any atom is -0.482 e. The van der Waals surface area contributed by atoms with Crippen LogP contribution in [0, 0.1) is 11.6 Å². The average Bonchev–Trinajstić information content (AvgIpc) is 3.17. The number of nitrogens with zero attached hydrogens (tertiary/aromatic N) is 2. The normalized spacial score (nSPS) is 10.8. The highest BCUT2D eigenvalue weighted by Gasteiger charge is 2.17. The van der Waals surface area contributed by atoms with E-state index in [1.807, 2.05) is 0 Å². The Balaban J connectivity index is 1.57. The molecule has 7 heteroatoms. The number of benzene rings is 2. The lowest BCUT2D eigenvalue weighted by Crippen LogP contribution is -2.12. The molecule has 0 unspecified atom stereocenters. The van der Waals surface area contributed by atoms with Gasteiger partial charge in [-0.3, -0.25) is 14.0 Å². The zero-order chi connectivity index (χ0) is 20.4. The van der Waals surface area contributed by atoms with Crippen molar-refractivity contribution in [2.24, 2.45) is 0 Å². The van der Waals surface area contributed by atoms with Gasteiger partial charge in [-0.15, -0.1) is 0 Å². The molecule has 29 heavy (non-hydrogen) atoms. The number of rotatable bonds is 6. The highest BCUT2D eigenvalue weighted by molar-refractivity contribution is 6.08. The minimum absolute atomic E-state index is 0.264. The largest absolute Gasteiger partial charge is 0.482 e. The lowest BCUT2D eigenvalue weighted by atomic mass is 10.1. The highest BCUT2D eigenvalue weighted by Crippen LogP contribution is 2.21. The second-order valence-electron chi connectivity index (χ2n) is 6.26. The third-order valence-electron chi connectivity index (χ3n) is 4.36. The first-order valence-electron chi connectivity index (χ1n) is 8.71. The second kappa shape index (κ2) is 7.63. The van der Waals surface area contributed by atoms with Crippen molar-refractivity contribution < 1.29 is 23.1 Å². The summed E-state index contributed by atoms with van der Waals surface area (Å²) in [7, 11) is 0. The molecule has 0 aliphatic heterocycles. The first-order valence-corrected chi connectivity index (χ1v) is 8.71. The molecule has 5 nitrogen and oxygen atoms in total. The van der Waals surface area contributed by atoms with Gasteiger partial charge < -0.3 is 4.74 Å². The van der Waals surface area contributed by atoms with Crippen LogP contribution < -0.4 is 4.74 Å². The van der Waals surface area contributed by atoms with Crippen LogP contribution in [0.5, 0.6) is 5.75 Å². The molecule has 0 radical (unpaired) electrons. The number of hydrogen-bond donors (Lipinski definition) is 0. The number of imidazole rings is 1. The lowest BCUT2D eigenvalue weighted by Gasteiger charge is -2.08. The maximum Gasteiger partial charge on any atom is 0.211 e. The Morgan fingerprint density at radius 1 is 0.897 bits per heavy atom. The fourth-order valence-electron chi connectivity index (χ4n) is 2.88. The molecule has 0 fully saturated rings. The summed E-state index contributed by atoms with van der Waals surface area (Å²) in [6.07, 6.45) is 3.05. The van der Waals surface area contributed by atoms with Crippen LogP contribution in [-0.2, 0) is 0 Å². The molecule has 0 saturated heterocycles. The molecule has 4 aromatic rings. The second-order valence-corrected chi connectivity index (χ2v) is 6.26. The molecule has 0 N–H and O–H groups in total. The van der Waals surface area contributed by atoms with Crippen molar-refractivity contribution in [3.63, 3.8) is 0 Å². The van der Waals surface area contributed by atoms with Gasteiger partial charge in [0.2, 0.25) is 5.78 Å². The first-order chi connectivity index (χ1) is 14.0. The van der Waals surface area contributed by atoms with E-state index in [4.69, 9.17) is 4.74 Å². The fraction of sp³-hybridized carbons (Fsp3) is 0.0455. The van der Waals surface area contributed by atoms with Crippen LogP contribution in [0.15, 0.2) is 73.1 Å².